The Bertz CT molecular complexity index is 690. The number of aromatic nitrogens is 1. The first-order valence-electron chi connectivity index (χ1n) is 8.50. The smallest absolute Gasteiger partial charge is 0.102 e. The fourth-order valence-electron chi connectivity index (χ4n) is 3.23. The minimum atomic E-state index is 0.400. The number of nitrogens with zero attached hydrogens (tertiary/aromatic N) is 3. The van der Waals surface area contributed by atoms with Crippen molar-refractivity contribution in [2.45, 2.75) is 39.3 Å². The first-order chi connectivity index (χ1) is 11.2. The van der Waals surface area contributed by atoms with Gasteiger partial charge in [-0.25, -0.2) is 0 Å². The standard InChI is InChI=1S/C19H25N3O/c1-15(2)14-23-17-6-9-21(10-7-17)12-16-13-22-8-4-3-5-19(22)18(16)11-20/h3-5,8,13,15,17H,6-7,9-10,12,14H2,1-2H3. The number of pyridine rings is 1. The molecule has 4 nitrogen and oxygen atoms in total. The summed E-state index contributed by atoms with van der Waals surface area (Å²) in [6.45, 7) is 8.17. The molecule has 0 aliphatic carbocycles. The van der Waals surface area contributed by atoms with E-state index in [1.54, 1.807) is 0 Å². The van der Waals surface area contributed by atoms with Crippen LogP contribution in [0.4, 0.5) is 0 Å². The largest absolute Gasteiger partial charge is 0.378 e. The van der Waals surface area contributed by atoms with Gasteiger partial charge in [-0.2, -0.15) is 5.26 Å². The Morgan fingerprint density at radius 2 is 2.09 bits per heavy atom. The zero-order chi connectivity index (χ0) is 16.2. The second-order valence-electron chi connectivity index (χ2n) is 6.84. The van der Waals surface area contributed by atoms with E-state index in [0.29, 0.717) is 12.0 Å². The molecule has 0 atom stereocenters. The van der Waals surface area contributed by atoms with Crippen molar-refractivity contribution in [2.75, 3.05) is 19.7 Å². The van der Waals surface area contributed by atoms with Crippen LogP contribution in [-0.2, 0) is 11.3 Å². The highest BCUT2D eigenvalue weighted by Crippen LogP contribution is 2.22. The lowest BCUT2D eigenvalue weighted by Gasteiger charge is -2.32. The maximum absolute atomic E-state index is 9.50. The zero-order valence-electron chi connectivity index (χ0n) is 14.0. The Labute approximate surface area is 138 Å². The molecule has 0 spiro atoms. The minimum Gasteiger partial charge on any atom is -0.378 e. The minimum absolute atomic E-state index is 0.400. The molecule has 2 aromatic rings. The van der Waals surface area contributed by atoms with E-state index in [1.807, 2.05) is 28.8 Å². The zero-order valence-corrected chi connectivity index (χ0v) is 14.0. The molecule has 122 valence electrons. The number of likely N-dealkylation sites (tertiary alicyclic amines) is 1. The molecule has 4 heteroatoms. The van der Waals surface area contributed by atoms with Gasteiger partial charge in [0, 0.05) is 44.2 Å². The molecular weight excluding hydrogens is 286 g/mol. The molecular formula is C19H25N3O. The summed E-state index contributed by atoms with van der Waals surface area (Å²) in [5.74, 6) is 0.597. The summed E-state index contributed by atoms with van der Waals surface area (Å²) in [5, 5.41) is 9.50. The Balaban J connectivity index is 1.62. The van der Waals surface area contributed by atoms with Crippen LogP contribution < -0.4 is 0 Å². The van der Waals surface area contributed by atoms with Crippen molar-refractivity contribution in [1.29, 1.82) is 5.26 Å². The van der Waals surface area contributed by atoms with Crippen molar-refractivity contribution >= 4 is 5.52 Å². The number of nitriles is 1. The normalized spacial score (nSPS) is 17.0. The maximum atomic E-state index is 9.50. The first kappa shape index (κ1) is 16.0. The molecule has 1 saturated heterocycles. The van der Waals surface area contributed by atoms with Gasteiger partial charge in [0.1, 0.15) is 6.07 Å². The molecule has 0 N–H and O–H groups in total. The number of piperidine rings is 1. The average molecular weight is 311 g/mol. The lowest BCUT2D eigenvalue weighted by atomic mass is 10.1. The number of fused-ring (bicyclic) bond motifs is 1. The molecule has 3 rings (SSSR count). The van der Waals surface area contributed by atoms with Gasteiger partial charge >= 0.3 is 0 Å². The van der Waals surface area contributed by atoms with Gasteiger partial charge in [0.05, 0.1) is 17.2 Å². The summed E-state index contributed by atoms with van der Waals surface area (Å²) >= 11 is 0. The Hall–Kier alpha value is -1.83. The van der Waals surface area contributed by atoms with Crippen LogP contribution in [0.15, 0.2) is 30.6 Å². The average Bonchev–Trinajstić information content (AvgIpc) is 2.91. The van der Waals surface area contributed by atoms with Gasteiger partial charge < -0.3 is 9.14 Å². The van der Waals surface area contributed by atoms with E-state index >= 15 is 0 Å². The third-order valence-corrected chi connectivity index (χ3v) is 4.47. The van der Waals surface area contributed by atoms with E-state index < -0.39 is 0 Å². The highest BCUT2D eigenvalue weighted by atomic mass is 16.5. The van der Waals surface area contributed by atoms with Gasteiger partial charge in [-0.05, 0) is 30.9 Å². The van der Waals surface area contributed by atoms with Crippen LogP contribution in [0.2, 0.25) is 0 Å². The second kappa shape index (κ2) is 7.16. The Kier molecular flexibility index (Phi) is 5.00. The van der Waals surface area contributed by atoms with E-state index in [1.165, 1.54) is 0 Å². The molecule has 0 bridgehead atoms. The van der Waals surface area contributed by atoms with E-state index in [0.717, 1.165) is 55.7 Å². The summed E-state index contributed by atoms with van der Waals surface area (Å²) in [4.78, 5) is 2.44. The second-order valence-corrected chi connectivity index (χ2v) is 6.84. The number of hydrogen-bond acceptors (Lipinski definition) is 3. The van der Waals surface area contributed by atoms with Crippen molar-refractivity contribution in [1.82, 2.24) is 9.30 Å². The van der Waals surface area contributed by atoms with Crippen LogP contribution in [0.3, 0.4) is 0 Å². The van der Waals surface area contributed by atoms with Crippen molar-refractivity contribution in [2.24, 2.45) is 5.92 Å². The predicted molar refractivity (Wildman–Crippen MR) is 91.2 cm³/mol. The molecule has 2 aromatic heterocycles. The van der Waals surface area contributed by atoms with Gasteiger partial charge in [0.15, 0.2) is 0 Å². The Morgan fingerprint density at radius 3 is 2.78 bits per heavy atom. The van der Waals surface area contributed by atoms with Gasteiger partial charge in [-0.3, -0.25) is 4.90 Å². The predicted octanol–water partition coefficient (Wildman–Crippen LogP) is 3.45. The SMILES string of the molecule is CC(C)COC1CCN(Cc2cn3ccccc3c2C#N)CC1. The molecule has 1 aliphatic heterocycles. The highest BCUT2D eigenvalue weighted by molar-refractivity contribution is 5.65. The lowest BCUT2D eigenvalue weighted by Crippen LogP contribution is -2.37. The van der Waals surface area contributed by atoms with Crippen LogP contribution in [0.5, 0.6) is 0 Å². The van der Waals surface area contributed by atoms with Gasteiger partial charge in [-0.1, -0.05) is 19.9 Å². The molecule has 0 saturated carbocycles. The third-order valence-electron chi connectivity index (χ3n) is 4.47. The van der Waals surface area contributed by atoms with Gasteiger partial charge in [0.25, 0.3) is 0 Å². The summed E-state index contributed by atoms with van der Waals surface area (Å²) < 4.78 is 8.00. The van der Waals surface area contributed by atoms with Crippen molar-refractivity contribution in [3.05, 3.63) is 41.7 Å². The maximum Gasteiger partial charge on any atom is 0.102 e. The third kappa shape index (κ3) is 3.74. The van der Waals surface area contributed by atoms with Crippen LogP contribution in [-0.4, -0.2) is 35.1 Å². The van der Waals surface area contributed by atoms with E-state index in [4.69, 9.17) is 4.74 Å². The Morgan fingerprint density at radius 1 is 1.30 bits per heavy atom. The van der Waals surface area contributed by atoms with Gasteiger partial charge in [0.2, 0.25) is 0 Å². The number of ether oxygens (including phenoxy) is 1. The van der Waals surface area contributed by atoms with Crippen molar-refractivity contribution in [3.8, 4) is 6.07 Å². The quantitative estimate of drug-likeness (QED) is 0.849. The molecule has 0 unspecified atom stereocenters. The molecule has 0 amide bonds. The lowest BCUT2D eigenvalue weighted by molar-refractivity contribution is -0.00585. The molecule has 1 aliphatic rings. The molecule has 0 aromatic carbocycles. The van der Waals surface area contributed by atoms with Crippen molar-refractivity contribution in [3.63, 3.8) is 0 Å². The molecule has 23 heavy (non-hydrogen) atoms. The van der Waals surface area contributed by atoms with Crippen LogP contribution in [0, 0.1) is 17.2 Å². The van der Waals surface area contributed by atoms with E-state index in [2.05, 4.69) is 31.0 Å². The van der Waals surface area contributed by atoms with Gasteiger partial charge in [-0.15, -0.1) is 0 Å². The summed E-state index contributed by atoms with van der Waals surface area (Å²) in [6, 6.07) is 8.36. The monoisotopic (exact) mass is 311 g/mol. The first-order valence-corrected chi connectivity index (χ1v) is 8.50. The molecule has 0 radical (unpaired) electrons. The fourth-order valence-corrected chi connectivity index (χ4v) is 3.23. The summed E-state index contributed by atoms with van der Waals surface area (Å²) in [5.41, 5.74) is 2.93. The topological polar surface area (TPSA) is 40.7 Å². The summed E-state index contributed by atoms with van der Waals surface area (Å²) in [6.07, 6.45) is 6.67. The van der Waals surface area contributed by atoms with E-state index in [9.17, 15) is 5.26 Å². The number of rotatable bonds is 5. The van der Waals surface area contributed by atoms with Crippen molar-refractivity contribution < 1.29 is 4.74 Å². The van der Waals surface area contributed by atoms with Crippen LogP contribution in [0.1, 0.15) is 37.8 Å². The fraction of sp³-hybridized carbons (Fsp3) is 0.526. The number of hydrogen-bond donors (Lipinski definition) is 0. The van der Waals surface area contributed by atoms with Crippen LogP contribution >= 0.6 is 0 Å². The van der Waals surface area contributed by atoms with E-state index in [-0.39, 0.29) is 0 Å². The molecule has 1 fully saturated rings. The van der Waals surface area contributed by atoms with Crippen LogP contribution in [0.25, 0.3) is 5.52 Å². The highest BCUT2D eigenvalue weighted by Gasteiger charge is 2.21. The molecule has 3 heterocycles. The summed E-state index contributed by atoms with van der Waals surface area (Å²) in [7, 11) is 0.